The lowest BCUT2D eigenvalue weighted by molar-refractivity contribution is -0.120. The summed E-state index contributed by atoms with van der Waals surface area (Å²) in [5, 5.41) is 5.83. The van der Waals surface area contributed by atoms with Gasteiger partial charge in [0.05, 0.1) is 6.54 Å². The molecule has 4 nitrogen and oxygen atoms in total. The Hall–Kier alpha value is -0.810. The van der Waals surface area contributed by atoms with Crippen molar-refractivity contribution in [3.8, 4) is 0 Å². The zero-order valence-electron chi connectivity index (χ0n) is 14.0. The molecule has 0 spiro atoms. The molecule has 1 aromatic rings. The third-order valence-corrected chi connectivity index (χ3v) is 4.20. The second kappa shape index (κ2) is 11.7. The van der Waals surface area contributed by atoms with Gasteiger partial charge in [0.15, 0.2) is 0 Å². The van der Waals surface area contributed by atoms with Crippen LogP contribution >= 0.6 is 24.8 Å². The maximum Gasteiger partial charge on any atom is 0.234 e. The number of piperidine rings is 1. The predicted octanol–water partition coefficient (Wildman–Crippen LogP) is 2.60. The highest BCUT2D eigenvalue weighted by Crippen LogP contribution is 2.19. The van der Waals surface area contributed by atoms with Crippen LogP contribution in [0, 0.1) is 5.92 Å². The number of rotatable bonds is 6. The highest BCUT2D eigenvalue weighted by Gasteiger charge is 2.16. The molecule has 6 heteroatoms. The quantitative estimate of drug-likeness (QED) is 0.818. The smallest absolute Gasteiger partial charge is 0.234 e. The maximum absolute atomic E-state index is 11.6. The summed E-state index contributed by atoms with van der Waals surface area (Å²) in [5.41, 5.74) is 2.55. The van der Waals surface area contributed by atoms with E-state index in [2.05, 4.69) is 40.7 Å². The molecule has 0 aromatic heterocycles. The largest absolute Gasteiger partial charge is 0.351 e. The van der Waals surface area contributed by atoms with Crippen molar-refractivity contribution in [2.45, 2.75) is 32.9 Å². The number of carbonyl (C=O) groups excluding carboxylic acids is 1. The molecule has 2 rings (SSSR count). The first-order valence-corrected chi connectivity index (χ1v) is 7.89. The number of hydrogen-bond acceptors (Lipinski definition) is 3. The normalized spacial score (nSPS) is 15.4. The van der Waals surface area contributed by atoms with Crippen LogP contribution in [0.15, 0.2) is 24.3 Å². The molecule has 1 amide bonds. The molecule has 1 aliphatic heterocycles. The van der Waals surface area contributed by atoms with E-state index in [-0.39, 0.29) is 30.7 Å². The second-order valence-corrected chi connectivity index (χ2v) is 6.03. The van der Waals surface area contributed by atoms with E-state index in [1.54, 1.807) is 7.05 Å². The summed E-state index contributed by atoms with van der Waals surface area (Å²) in [6, 6.07) is 8.42. The zero-order chi connectivity index (χ0) is 15.1. The lowest BCUT2D eigenvalue weighted by Crippen LogP contribution is -2.34. The molecular formula is C17H29Cl2N3O. The minimum Gasteiger partial charge on any atom is -0.351 e. The summed E-state index contributed by atoms with van der Waals surface area (Å²) in [5.74, 6) is 0.899. The van der Waals surface area contributed by atoms with Crippen LogP contribution in [0.3, 0.4) is 0 Å². The van der Waals surface area contributed by atoms with Gasteiger partial charge in [-0.1, -0.05) is 31.2 Å². The molecule has 0 unspecified atom stereocenters. The molecule has 0 atom stereocenters. The van der Waals surface area contributed by atoms with E-state index in [1.165, 1.54) is 37.1 Å². The number of carbonyl (C=O) groups is 1. The average molecular weight is 362 g/mol. The van der Waals surface area contributed by atoms with Crippen molar-refractivity contribution in [1.29, 1.82) is 0 Å². The van der Waals surface area contributed by atoms with Crippen LogP contribution in [0.5, 0.6) is 0 Å². The molecule has 1 heterocycles. The lowest BCUT2D eigenvalue weighted by atomic mass is 9.98. The van der Waals surface area contributed by atoms with E-state index in [0.717, 1.165) is 12.5 Å². The van der Waals surface area contributed by atoms with Gasteiger partial charge in [0.1, 0.15) is 0 Å². The van der Waals surface area contributed by atoms with Gasteiger partial charge in [-0.25, -0.2) is 0 Å². The summed E-state index contributed by atoms with van der Waals surface area (Å²) >= 11 is 0. The van der Waals surface area contributed by atoms with Crippen molar-refractivity contribution in [2.75, 3.05) is 26.7 Å². The van der Waals surface area contributed by atoms with Gasteiger partial charge in [0.25, 0.3) is 0 Å². The van der Waals surface area contributed by atoms with Crippen LogP contribution in [0.2, 0.25) is 0 Å². The summed E-state index contributed by atoms with van der Waals surface area (Å²) in [6.07, 6.45) is 2.59. The van der Waals surface area contributed by atoms with E-state index >= 15 is 0 Å². The summed E-state index contributed by atoms with van der Waals surface area (Å²) in [7, 11) is 1.78. The minimum atomic E-state index is 0. The number of nitrogens with one attached hydrogen (secondary N) is 2. The Morgan fingerprint density at radius 3 is 2.39 bits per heavy atom. The van der Waals surface area contributed by atoms with Gasteiger partial charge < -0.3 is 10.6 Å². The van der Waals surface area contributed by atoms with Gasteiger partial charge in [-0.15, -0.1) is 24.8 Å². The summed E-state index contributed by atoms with van der Waals surface area (Å²) in [4.78, 5) is 14.1. The highest BCUT2D eigenvalue weighted by atomic mass is 35.5. The molecule has 1 saturated heterocycles. The topological polar surface area (TPSA) is 44.4 Å². The molecule has 1 fully saturated rings. The van der Waals surface area contributed by atoms with Crippen LogP contribution < -0.4 is 10.6 Å². The Morgan fingerprint density at radius 1 is 1.17 bits per heavy atom. The van der Waals surface area contributed by atoms with Crippen molar-refractivity contribution < 1.29 is 4.79 Å². The van der Waals surface area contributed by atoms with Gasteiger partial charge in [0, 0.05) is 13.1 Å². The molecule has 132 valence electrons. The number of halogens is 2. The Kier molecular flexibility index (Phi) is 11.3. The summed E-state index contributed by atoms with van der Waals surface area (Å²) in [6.45, 7) is 6.67. The number of amides is 1. The van der Waals surface area contributed by atoms with Crippen molar-refractivity contribution in [1.82, 2.24) is 15.5 Å². The third-order valence-electron chi connectivity index (χ3n) is 4.20. The Morgan fingerprint density at radius 2 is 1.78 bits per heavy atom. The van der Waals surface area contributed by atoms with E-state index in [1.807, 2.05) is 6.07 Å². The van der Waals surface area contributed by atoms with Gasteiger partial charge in [0.2, 0.25) is 5.91 Å². The minimum absolute atomic E-state index is 0. The molecule has 0 radical (unpaired) electrons. The van der Waals surface area contributed by atoms with Crippen LogP contribution in [0.25, 0.3) is 0 Å². The van der Waals surface area contributed by atoms with Crippen LogP contribution in [0.4, 0.5) is 0 Å². The van der Waals surface area contributed by atoms with E-state index in [4.69, 9.17) is 0 Å². The number of likely N-dealkylation sites (tertiary alicyclic amines) is 1. The fourth-order valence-corrected chi connectivity index (χ4v) is 2.76. The molecule has 1 aliphatic rings. The fourth-order valence-electron chi connectivity index (χ4n) is 2.76. The molecular weight excluding hydrogens is 333 g/mol. The average Bonchev–Trinajstić information content (AvgIpc) is 2.49. The number of likely N-dealkylation sites (N-methyl/N-ethyl adjacent to an activating group) is 1. The zero-order valence-corrected chi connectivity index (χ0v) is 15.6. The van der Waals surface area contributed by atoms with Crippen LogP contribution in [-0.4, -0.2) is 37.5 Å². The first-order chi connectivity index (χ1) is 10.2. The molecule has 1 aromatic carbocycles. The van der Waals surface area contributed by atoms with Crippen molar-refractivity contribution in [3.63, 3.8) is 0 Å². The first kappa shape index (κ1) is 22.2. The highest BCUT2D eigenvalue weighted by molar-refractivity contribution is 5.85. The molecule has 0 aliphatic carbocycles. The van der Waals surface area contributed by atoms with Gasteiger partial charge in [-0.2, -0.15) is 0 Å². The third kappa shape index (κ3) is 7.53. The standard InChI is InChI=1S/C17H27N3O.2ClH/c1-14-7-9-20(10-8-14)13-16-6-4-3-5-15(16)11-19-17(21)12-18-2;;/h3-6,14,18H,7-13H2,1-2H3,(H,19,21);2*1H. The van der Waals surface area contributed by atoms with E-state index in [0.29, 0.717) is 13.1 Å². The van der Waals surface area contributed by atoms with Crippen LogP contribution in [0.1, 0.15) is 30.9 Å². The van der Waals surface area contributed by atoms with Crippen molar-refractivity contribution >= 4 is 30.7 Å². The second-order valence-electron chi connectivity index (χ2n) is 6.03. The molecule has 2 N–H and O–H groups in total. The Balaban J connectivity index is 0.00000242. The summed E-state index contributed by atoms with van der Waals surface area (Å²) < 4.78 is 0. The predicted molar refractivity (Wildman–Crippen MR) is 100 cm³/mol. The number of nitrogens with zero attached hydrogens (tertiary/aromatic N) is 1. The Bertz CT molecular complexity index is 463. The SMILES string of the molecule is CNCC(=O)NCc1ccccc1CN1CCC(C)CC1.Cl.Cl. The lowest BCUT2D eigenvalue weighted by Gasteiger charge is -2.30. The Labute approximate surface area is 152 Å². The molecule has 0 bridgehead atoms. The van der Waals surface area contributed by atoms with Gasteiger partial charge in [-0.05, 0) is 50.0 Å². The molecule has 0 saturated carbocycles. The van der Waals surface area contributed by atoms with Crippen molar-refractivity contribution in [2.24, 2.45) is 5.92 Å². The van der Waals surface area contributed by atoms with E-state index < -0.39 is 0 Å². The fraction of sp³-hybridized carbons (Fsp3) is 0.588. The maximum atomic E-state index is 11.6. The van der Waals surface area contributed by atoms with E-state index in [9.17, 15) is 4.79 Å². The number of hydrogen-bond donors (Lipinski definition) is 2. The molecule has 23 heavy (non-hydrogen) atoms. The van der Waals surface area contributed by atoms with Gasteiger partial charge in [-0.3, -0.25) is 9.69 Å². The van der Waals surface area contributed by atoms with Gasteiger partial charge >= 0.3 is 0 Å². The monoisotopic (exact) mass is 361 g/mol. The number of benzene rings is 1. The first-order valence-electron chi connectivity index (χ1n) is 7.89. The van der Waals surface area contributed by atoms with Crippen molar-refractivity contribution in [3.05, 3.63) is 35.4 Å². The van der Waals surface area contributed by atoms with Crippen LogP contribution in [-0.2, 0) is 17.9 Å².